The molecule has 2 heterocycles. The van der Waals surface area contributed by atoms with Gasteiger partial charge < -0.3 is 31.2 Å². The zero-order chi connectivity index (χ0) is 30.2. The molecule has 0 bridgehead atoms. The Balaban J connectivity index is 1.39. The van der Waals surface area contributed by atoms with E-state index in [0.717, 1.165) is 24.5 Å². The van der Waals surface area contributed by atoms with Crippen molar-refractivity contribution in [1.29, 1.82) is 0 Å². The van der Waals surface area contributed by atoms with Gasteiger partial charge in [0.25, 0.3) is 17.9 Å². The second-order valence-corrected chi connectivity index (χ2v) is 11.6. The molecule has 2 aromatic heterocycles. The number of amides is 2. The van der Waals surface area contributed by atoms with Gasteiger partial charge >= 0.3 is 0 Å². The van der Waals surface area contributed by atoms with Crippen molar-refractivity contribution in [2.75, 3.05) is 42.1 Å². The van der Waals surface area contributed by atoms with Crippen molar-refractivity contribution in [3.05, 3.63) is 52.1 Å². The molecule has 2 amide bonds. The van der Waals surface area contributed by atoms with E-state index < -0.39 is 17.7 Å². The number of hydrogen-bond donors (Lipinski definition) is 5. The largest absolute Gasteiger partial charge is 0.444 e. The minimum Gasteiger partial charge on any atom is -0.444 e. The van der Waals surface area contributed by atoms with Crippen molar-refractivity contribution in [3.63, 3.8) is 0 Å². The summed E-state index contributed by atoms with van der Waals surface area (Å²) in [6.07, 6.45) is 2.37. The third-order valence-electron chi connectivity index (χ3n) is 5.48. The van der Waals surface area contributed by atoms with Crippen LogP contribution in [0.5, 0.6) is 0 Å². The van der Waals surface area contributed by atoms with Gasteiger partial charge in [-0.2, -0.15) is 4.98 Å². The van der Waals surface area contributed by atoms with E-state index in [4.69, 9.17) is 15.2 Å². The molecule has 0 aliphatic heterocycles. The lowest BCUT2D eigenvalue weighted by atomic mass is 10.2. The highest BCUT2D eigenvalue weighted by atomic mass is 33.1. The van der Waals surface area contributed by atoms with Crippen LogP contribution < -0.4 is 27.2 Å². The van der Waals surface area contributed by atoms with Crippen LogP contribution in [0.15, 0.2) is 35.3 Å². The van der Waals surface area contributed by atoms with Gasteiger partial charge in [0.1, 0.15) is 0 Å². The number of aromatic amines is 1. The summed E-state index contributed by atoms with van der Waals surface area (Å²) in [6.45, 7) is 1.76. The molecule has 226 valence electrons. The Morgan fingerprint density at radius 2 is 1.95 bits per heavy atom. The Morgan fingerprint density at radius 3 is 2.71 bits per heavy atom. The average molecular weight is 637 g/mol. The first-order valence-electron chi connectivity index (χ1n) is 12.9. The minimum absolute atomic E-state index is 0.0362. The Labute approximate surface area is 252 Å². The van der Waals surface area contributed by atoms with Gasteiger partial charge in [0.15, 0.2) is 17.4 Å². The molecule has 42 heavy (non-hydrogen) atoms. The molecule has 0 saturated heterocycles. The van der Waals surface area contributed by atoms with Gasteiger partial charge in [-0.1, -0.05) is 21.6 Å². The molecule has 0 spiro atoms. The molecule has 3 aromatic rings. The number of carbonyl (C=O) groups is 3. The van der Waals surface area contributed by atoms with E-state index in [1.807, 2.05) is 0 Å². The van der Waals surface area contributed by atoms with Gasteiger partial charge in [0, 0.05) is 48.7 Å². The van der Waals surface area contributed by atoms with Crippen LogP contribution in [-0.4, -0.2) is 75.5 Å². The molecule has 0 saturated carbocycles. The first kappa shape index (κ1) is 33.0. The molecule has 17 heteroatoms. The molecular weight excluding hydrogens is 603 g/mol. The molecule has 6 N–H and O–H groups in total. The number of carbonyl (C=O) groups excluding carboxylic acids is 3. The fourth-order valence-electron chi connectivity index (χ4n) is 3.46. The summed E-state index contributed by atoms with van der Waals surface area (Å²) < 4.78 is 10.2. The summed E-state index contributed by atoms with van der Waals surface area (Å²) in [5, 5.41) is 8.58. The highest BCUT2D eigenvalue weighted by Gasteiger charge is 2.16. The topological polar surface area (TPSA) is 203 Å². The number of benzene rings is 1. The zero-order valence-electron chi connectivity index (χ0n) is 22.7. The molecule has 0 fully saturated rings. The Hall–Kier alpha value is -3.46. The second kappa shape index (κ2) is 18.2. The molecule has 0 aliphatic rings. The summed E-state index contributed by atoms with van der Waals surface area (Å²) in [7, 11) is 5.93. The van der Waals surface area contributed by atoms with E-state index in [0.29, 0.717) is 29.8 Å². The maximum Gasteiger partial charge on any atom is 0.295 e. The molecule has 14 nitrogen and oxygen atoms in total. The quantitative estimate of drug-likeness (QED) is 0.0418. The number of H-pyrrole nitrogens is 1. The molecule has 2 unspecified atom stereocenters. The highest BCUT2D eigenvalue weighted by molar-refractivity contribution is 8.76. The first-order valence-corrected chi connectivity index (χ1v) is 16.2. The Kier molecular flexibility index (Phi) is 14.3. The van der Waals surface area contributed by atoms with E-state index in [2.05, 4.69) is 45.1 Å². The number of hydrogen-bond acceptors (Lipinski definition) is 13. The van der Waals surface area contributed by atoms with E-state index in [-0.39, 0.29) is 48.9 Å². The predicted molar refractivity (Wildman–Crippen MR) is 167 cm³/mol. The van der Waals surface area contributed by atoms with Gasteiger partial charge in [0.05, 0.1) is 24.8 Å². The maximum absolute atomic E-state index is 12.7. The van der Waals surface area contributed by atoms with Crippen molar-refractivity contribution >= 4 is 71.9 Å². The van der Waals surface area contributed by atoms with E-state index >= 15 is 0 Å². The third-order valence-corrected chi connectivity index (χ3v) is 8.21. The number of nitrogens with one attached hydrogen (secondary N) is 4. The molecule has 0 aliphatic carbocycles. The number of ether oxygens (including phenoxy) is 2. The van der Waals surface area contributed by atoms with E-state index in [1.54, 1.807) is 45.9 Å². The summed E-state index contributed by atoms with van der Waals surface area (Å²) in [6, 6.07) is 6.57. The third kappa shape index (κ3) is 11.4. The lowest BCUT2D eigenvalue weighted by Gasteiger charge is -2.17. The van der Waals surface area contributed by atoms with Crippen LogP contribution in [0.4, 0.5) is 11.6 Å². The van der Waals surface area contributed by atoms with Crippen LogP contribution in [0.3, 0.4) is 0 Å². The Morgan fingerprint density at radius 1 is 1.17 bits per heavy atom. The van der Waals surface area contributed by atoms with Gasteiger partial charge in [-0.15, -0.1) is 9.24 Å². The van der Waals surface area contributed by atoms with Crippen molar-refractivity contribution in [2.45, 2.75) is 32.0 Å². The van der Waals surface area contributed by atoms with Crippen LogP contribution in [-0.2, 0) is 25.6 Å². The van der Waals surface area contributed by atoms with Crippen LogP contribution in [0, 0.1) is 0 Å². The smallest absolute Gasteiger partial charge is 0.295 e. The minimum atomic E-state index is -0.952. The van der Waals surface area contributed by atoms with Crippen LogP contribution in [0.2, 0.25) is 0 Å². The standard InChI is InChI=1S/C25H33N8O6PS2/c26-25-32-22-21(24(37)33-25)30-18(13-29-22)12-28-17-4-2-16(3-5-17)23(36)31-20(39-14-34)7-6-19(35)27-8-11-42-41-10-1-9-38-15-40/h2-5,13-14,20,28H,1,6-12,15,40H2,(H,27,35)(H,31,36)(H3,26,29,32,33,37). The summed E-state index contributed by atoms with van der Waals surface area (Å²) in [5.74, 6) is 1.05. The van der Waals surface area contributed by atoms with E-state index in [9.17, 15) is 19.2 Å². The highest BCUT2D eigenvalue weighted by Crippen LogP contribution is 2.21. The number of aromatic nitrogens is 4. The molecule has 3 rings (SSSR count). The number of anilines is 2. The van der Waals surface area contributed by atoms with Crippen molar-refractivity contribution in [3.8, 4) is 0 Å². The predicted octanol–water partition coefficient (Wildman–Crippen LogP) is 1.65. The van der Waals surface area contributed by atoms with Crippen LogP contribution in [0.25, 0.3) is 11.2 Å². The maximum atomic E-state index is 12.7. The van der Waals surface area contributed by atoms with Crippen molar-refractivity contribution in [2.24, 2.45) is 0 Å². The summed E-state index contributed by atoms with van der Waals surface area (Å²) >= 11 is 0. The summed E-state index contributed by atoms with van der Waals surface area (Å²) in [4.78, 5) is 62.5. The SMILES string of the molecule is Nc1nc2ncc(CNc3ccc(C(=O)NC(CCC(=O)NCCSSCCCOCP)OC=O)cc3)nc2c(=O)[nH]1. The molecular formula is C25H33N8O6PS2. The fraction of sp³-hybridized carbons (Fsp3) is 0.400. The van der Waals surface area contributed by atoms with Crippen molar-refractivity contribution in [1.82, 2.24) is 30.6 Å². The van der Waals surface area contributed by atoms with Crippen molar-refractivity contribution < 1.29 is 23.9 Å². The number of nitrogens with zero attached hydrogens (tertiary/aromatic N) is 3. The molecule has 0 radical (unpaired) electrons. The molecule has 1 aromatic carbocycles. The first-order chi connectivity index (χ1) is 20.4. The normalized spacial score (nSPS) is 11.5. The van der Waals surface area contributed by atoms with Gasteiger partial charge in [0.2, 0.25) is 11.9 Å². The number of nitrogens with two attached hydrogens (primary N) is 1. The van der Waals surface area contributed by atoms with E-state index in [1.165, 1.54) is 6.20 Å². The van der Waals surface area contributed by atoms with Crippen LogP contribution in [0.1, 0.15) is 35.3 Å². The van der Waals surface area contributed by atoms with Gasteiger partial charge in [-0.05, 0) is 30.7 Å². The average Bonchev–Trinajstić information content (AvgIpc) is 2.98. The second-order valence-electron chi connectivity index (χ2n) is 8.57. The monoisotopic (exact) mass is 636 g/mol. The Bertz CT molecular complexity index is 1380. The number of fused-ring (bicyclic) bond motifs is 1. The zero-order valence-corrected chi connectivity index (χ0v) is 25.5. The van der Waals surface area contributed by atoms with Gasteiger partial charge in [-0.25, -0.2) is 9.97 Å². The fourth-order valence-corrected chi connectivity index (χ4v) is 5.60. The van der Waals surface area contributed by atoms with Crippen LogP contribution >= 0.6 is 30.8 Å². The summed E-state index contributed by atoms with van der Waals surface area (Å²) in [5.41, 5.74) is 6.81. The number of rotatable bonds is 19. The lowest BCUT2D eigenvalue weighted by Crippen LogP contribution is -2.38. The number of nitrogen functional groups attached to an aromatic ring is 1. The van der Waals surface area contributed by atoms with Gasteiger partial charge in [-0.3, -0.25) is 24.2 Å². The molecule has 2 atom stereocenters. The lowest BCUT2D eigenvalue weighted by molar-refractivity contribution is -0.136.